The van der Waals surface area contributed by atoms with E-state index in [9.17, 15) is 24.3 Å². The van der Waals surface area contributed by atoms with E-state index < -0.39 is 83.4 Å². The van der Waals surface area contributed by atoms with Gasteiger partial charge in [-0.3, -0.25) is 19.4 Å². The maximum atomic E-state index is 14.7. The molecule has 0 bridgehead atoms. The first-order valence-corrected chi connectivity index (χ1v) is 20.8. The number of cyclic esters (lactones) is 1. The van der Waals surface area contributed by atoms with Crippen LogP contribution in [0.1, 0.15) is 87.5 Å². The molecule has 3 aliphatic heterocycles. The number of likely N-dealkylation sites (N-methyl/N-ethyl adjacent to an activating group) is 1. The van der Waals surface area contributed by atoms with E-state index >= 15 is 0 Å². The molecule has 3 unspecified atom stereocenters. The summed E-state index contributed by atoms with van der Waals surface area (Å²) in [5.74, 6) is -4.95. The molecule has 1 amide bonds. The van der Waals surface area contributed by atoms with Crippen molar-refractivity contribution in [1.29, 1.82) is 0 Å². The first-order valence-electron chi connectivity index (χ1n) is 20.8. The Bertz CT molecular complexity index is 1740. The zero-order valence-corrected chi connectivity index (χ0v) is 36.1. The number of methoxy groups -OCH3 is 1. The molecule has 1 N–H and O–H groups in total. The van der Waals surface area contributed by atoms with Crippen molar-refractivity contribution in [2.24, 2.45) is 23.7 Å². The smallest absolute Gasteiger partial charge is 0.410 e. The van der Waals surface area contributed by atoms with Crippen LogP contribution < -0.4 is 0 Å². The molecule has 0 spiro atoms. The first-order chi connectivity index (χ1) is 27.4. The van der Waals surface area contributed by atoms with Gasteiger partial charge in [0.1, 0.15) is 23.9 Å². The second-order valence-corrected chi connectivity index (χ2v) is 17.3. The number of esters is 1. The highest BCUT2D eigenvalue weighted by molar-refractivity contribution is 6.00. The molecule has 15 nitrogen and oxygen atoms in total. The minimum Gasteiger partial charge on any atom is -0.458 e. The summed E-state index contributed by atoms with van der Waals surface area (Å²) in [6, 6.07) is 2.74. The average Bonchev–Trinajstić information content (AvgIpc) is 3.78. The fraction of sp³-hybridized carbons (Fsp3) is 0.721. The molecule has 0 radical (unpaired) electrons. The van der Waals surface area contributed by atoms with E-state index in [1.54, 1.807) is 51.3 Å². The van der Waals surface area contributed by atoms with Gasteiger partial charge in [0, 0.05) is 68.1 Å². The topological polar surface area (TPSA) is 172 Å². The van der Waals surface area contributed by atoms with Crippen LogP contribution in [0.3, 0.4) is 0 Å². The van der Waals surface area contributed by atoms with Crippen LogP contribution in [-0.4, -0.2) is 135 Å². The number of aliphatic hydroxyl groups is 1. The van der Waals surface area contributed by atoms with Gasteiger partial charge in [-0.1, -0.05) is 27.7 Å². The molecule has 58 heavy (non-hydrogen) atoms. The minimum absolute atomic E-state index is 0.130. The van der Waals surface area contributed by atoms with Gasteiger partial charge in [0.25, 0.3) is 0 Å². The molecule has 2 aromatic rings. The number of ketones is 2. The maximum absolute atomic E-state index is 14.7. The lowest BCUT2D eigenvalue weighted by molar-refractivity contribution is -0.295. The molecule has 3 saturated heterocycles. The highest BCUT2D eigenvalue weighted by Gasteiger charge is 2.60. The number of carbonyl (C=O) groups is 4. The van der Waals surface area contributed by atoms with E-state index in [0.29, 0.717) is 32.4 Å². The summed E-state index contributed by atoms with van der Waals surface area (Å²) in [7, 11) is 5.24. The van der Waals surface area contributed by atoms with E-state index in [1.165, 1.54) is 14.0 Å². The van der Waals surface area contributed by atoms with Gasteiger partial charge in [0.05, 0.1) is 35.9 Å². The van der Waals surface area contributed by atoms with Crippen LogP contribution in [0.4, 0.5) is 4.79 Å². The lowest BCUT2D eigenvalue weighted by Gasteiger charge is -2.47. The Morgan fingerprint density at radius 1 is 1.02 bits per heavy atom. The molecule has 5 heterocycles. The van der Waals surface area contributed by atoms with Crippen LogP contribution in [0.5, 0.6) is 0 Å². The molecule has 13 atom stereocenters. The van der Waals surface area contributed by atoms with Crippen LogP contribution in [0.2, 0.25) is 0 Å². The van der Waals surface area contributed by atoms with Gasteiger partial charge in [-0.2, -0.15) is 0 Å². The average molecular weight is 812 g/mol. The molecule has 5 rings (SSSR count). The molecule has 3 aliphatic rings. The van der Waals surface area contributed by atoms with Crippen molar-refractivity contribution in [3.8, 4) is 11.3 Å². The number of Topliss-reactive ketones (excluding diaryl/α,β-unsaturated/α-hetero) is 2. The number of unbranched alkanes of at least 4 members (excludes halogenated alkanes) is 1. The van der Waals surface area contributed by atoms with Crippen LogP contribution in [0.15, 0.2) is 37.1 Å². The number of carbonyl (C=O) groups excluding carboxylic acids is 4. The molecule has 322 valence electrons. The van der Waals surface area contributed by atoms with Crippen LogP contribution in [0.25, 0.3) is 11.3 Å². The van der Waals surface area contributed by atoms with E-state index in [0.717, 1.165) is 11.3 Å². The van der Waals surface area contributed by atoms with Crippen molar-refractivity contribution in [3.63, 3.8) is 0 Å². The zero-order chi connectivity index (χ0) is 42.7. The van der Waals surface area contributed by atoms with Crippen LogP contribution in [-0.2, 0) is 44.6 Å². The Kier molecular flexibility index (Phi) is 14.6. The number of imidazole rings is 1. The second-order valence-electron chi connectivity index (χ2n) is 17.3. The van der Waals surface area contributed by atoms with E-state index in [4.69, 9.17) is 23.7 Å². The van der Waals surface area contributed by atoms with Gasteiger partial charge in [0.15, 0.2) is 17.7 Å². The Hall–Kier alpha value is -3.76. The number of ether oxygens (including phenoxy) is 5. The van der Waals surface area contributed by atoms with Gasteiger partial charge in [0.2, 0.25) is 0 Å². The van der Waals surface area contributed by atoms with E-state index in [-0.39, 0.29) is 30.8 Å². The van der Waals surface area contributed by atoms with Crippen molar-refractivity contribution in [1.82, 2.24) is 24.3 Å². The lowest BCUT2D eigenvalue weighted by atomic mass is 9.73. The van der Waals surface area contributed by atoms with Gasteiger partial charge in [-0.25, -0.2) is 9.78 Å². The molecule has 15 heteroatoms. The number of aromatic nitrogens is 3. The number of rotatable bonds is 11. The second kappa shape index (κ2) is 18.7. The molecule has 2 aromatic heterocycles. The van der Waals surface area contributed by atoms with Crippen molar-refractivity contribution in [2.45, 2.75) is 148 Å². The molecule has 0 aliphatic carbocycles. The summed E-state index contributed by atoms with van der Waals surface area (Å²) < 4.78 is 33.2. The largest absolute Gasteiger partial charge is 0.458 e. The quantitative estimate of drug-likeness (QED) is 0.184. The predicted octanol–water partition coefficient (Wildman–Crippen LogP) is 4.93. The maximum Gasteiger partial charge on any atom is 0.410 e. The van der Waals surface area contributed by atoms with Gasteiger partial charge in [-0.15, -0.1) is 0 Å². The summed E-state index contributed by atoms with van der Waals surface area (Å²) in [5.41, 5.74) is -0.938. The van der Waals surface area contributed by atoms with Crippen molar-refractivity contribution < 1.29 is 48.0 Å². The number of fused-ring (bicyclic) bond motifs is 1. The summed E-state index contributed by atoms with van der Waals surface area (Å²) in [5, 5.41) is 11.4. The molecule has 0 saturated carbocycles. The van der Waals surface area contributed by atoms with Gasteiger partial charge >= 0.3 is 12.1 Å². The van der Waals surface area contributed by atoms with Crippen molar-refractivity contribution >= 4 is 23.6 Å². The van der Waals surface area contributed by atoms with Crippen LogP contribution >= 0.6 is 0 Å². The summed E-state index contributed by atoms with van der Waals surface area (Å²) >= 11 is 0. The van der Waals surface area contributed by atoms with Gasteiger partial charge < -0.3 is 43.2 Å². The predicted molar refractivity (Wildman–Crippen MR) is 214 cm³/mol. The van der Waals surface area contributed by atoms with Crippen molar-refractivity contribution in [2.75, 3.05) is 27.7 Å². The summed E-state index contributed by atoms with van der Waals surface area (Å²) in [6.45, 7) is 14.9. The Morgan fingerprint density at radius 3 is 2.36 bits per heavy atom. The number of aliphatic hydroxyl groups excluding tert-OH is 1. The Morgan fingerprint density at radius 2 is 1.72 bits per heavy atom. The number of hydrogen-bond donors (Lipinski definition) is 1. The van der Waals surface area contributed by atoms with Crippen LogP contribution in [0, 0.1) is 23.7 Å². The summed E-state index contributed by atoms with van der Waals surface area (Å²) in [4.78, 5) is 69.0. The third-order valence-electron chi connectivity index (χ3n) is 12.8. The van der Waals surface area contributed by atoms with Crippen molar-refractivity contribution in [3.05, 3.63) is 37.1 Å². The van der Waals surface area contributed by atoms with Gasteiger partial charge in [-0.05, 0) is 86.0 Å². The molecular weight excluding hydrogens is 746 g/mol. The molecule has 0 aromatic carbocycles. The molecular formula is C43H65N5O10. The highest BCUT2D eigenvalue weighted by atomic mass is 16.7. The lowest BCUT2D eigenvalue weighted by Crippen LogP contribution is -2.60. The SMILES string of the molecule is CCC1OC(=O)[C@H](C)C(=O)[C@H](C)[C@@H](OC2O[C@H](C)C[C@H](N(C)C)[C@H]2O)[C@](C)(OC)C[C@@H](C)C(=O)[C@H](C)[C@H]2N(CCCCn3cnc(-c4cccnc4)c3)C(=O)OC12C. The third-order valence-corrected chi connectivity index (χ3v) is 12.8. The first kappa shape index (κ1) is 45.3. The number of pyridine rings is 1. The minimum atomic E-state index is -1.40. The fourth-order valence-corrected chi connectivity index (χ4v) is 9.43. The Balaban J connectivity index is 1.43. The van der Waals surface area contributed by atoms with E-state index in [2.05, 4.69) is 9.97 Å². The zero-order valence-electron chi connectivity index (χ0n) is 36.1. The normalized spacial score (nSPS) is 36.7. The molecule has 3 fully saturated rings. The highest BCUT2D eigenvalue weighted by Crippen LogP contribution is 2.43. The monoisotopic (exact) mass is 811 g/mol. The van der Waals surface area contributed by atoms with E-state index in [1.807, 2.05) is 62.7 Å². The standard InChI is InChI=1S/C43H65N5O10/c1-12-33-43(8)37(48(41(53)58-43)19-14-13-18-47-23-31(45-24-47)30-16-15-17-44-22-30)27(4)34(49)25(2)21-42(7,54-11)38(28(5)35(50)29(6)39(52)56-33)57-40-36(51)32(46(9)10)20-26(3)55-40/h15-17,22-29,32-33,36-38,40,51H,12-14,18-21H2,1-11H3/t25-,26-,27+,28+,29-,32+,33?,36-,37-,38-,40?,42-,43?/m1/s1. The Labute approximate surface area is 343 Å². The number of hydrogen-bond acceptors (Lipinski definition) is 13. The number of aryl methyl sites for hydroxylation is 1. The fourth-order valence-electron chi connectivity index (χ4n) is 9.43. The number of amides is 1. The number of nitrogens with zero attached hydrogens (tertiary/aromatic N) is 5. The summed E-state index contributed by atoms with van der Waals surface area (Å²) in [6.07, 6.45) is 4.45. The third kappa shape index (κ3) is 9.33.